The van der Waals surface area contributed by atoms with E-state index in [-0.39, 0.29) is 11.0 Å². The molecule has 2 saturated carbocycles. The van der Waals surface area contributed by atoms with Crippen LogP contribution >= 0.6 is 0 Å². The molecular formula is C23H30O2. The van der Waals surface area contributed by atoms with Gasteiger partial charge in [0.2, 0.25) is 0 Å². The summed E-state index contributed by atoms with van der Waals surface area (Å²) in [5.41, 5.74) is 6.16. The maximum atomic E-state index is 6.12. The molecule has 0 bridgehead atoms. The first-order chi connectivity index (χ1) is 12.1. The van der Waals surface area contributed by atoms with E-state index in [2.05, 4.69) is 43.5 Å². The average Bonchev–Trinajstić information content (AvgIpc) is 2.94. The van der Waals surface area contributed by atoms with Gasteiger partial charge in [-0.1, -0.05) is 19.6 Å². The van der Waals surface area contributed by atoms with Crippen LogP contribution in [-0.4, -0.2) is 19.8 Å². The molecule has 0 heterocycles. The molecule has 25 heavy (non-hydrogen) atoms. The van der Waals surface area contributed by atoms with E-state index >= 15 is 0 Å². The molecule has 0 aliphatic heterocycles. The molecule has 2 heteroatoms. The maximum Gasteiger partial charge on any atom is 0.119 e. The lowest BCUT2D eigenvalue weighted by atomic mass is 9.53. The third-order valence-corrected chi connectivity index (χ3v) is 7.82. The van der Waals surface area contributed by atoms with Crippen molar-refractivity contribution in [2.24, 2.45) is 17.3 Å². The van der Waals surface area contributed by atoms with Gasteiger partial charge in [0.15, 0.2) is 0 Å². The number of benzene rings is 1. The number of hydrogen-bond donors (Lipinski definition) is 0. The molecule has 0 radical (unpaired) electrons. The summed E-state index contributed by atoms with van der Waals surface area (Å²) in [5, 5.41) is 0. The largest absolute Gasteiger partial charge is 0.497 e. The Hall–Kier alpha value is -1.50. The summed E-state index contributed by atoms with van der Waals surface area (Å²) < 4.78 is 11.6. The van der Waals surface area contributed by atoms with Crippen molar-refractivity contribution in [2.75, 3.05) is 14.2 Å². The zero-order valence-electron chi connectivity index (χ0n) is 15.8. The Morgan fingerprint density at radius 3 is 2.76 bits per heavy atom. The molecule has 2 nitrogen and oxygen atoms in total. The van der Waals surface area contributed by atoms with Gasteiger partial charge >= 0.3 is 0 Å². The molecule has 0 N–H and O–H groups in total. The SMILES string of the molecule is C=C=C[C@]1(OC)CC[C@H]2[C@@H]3CCc4cc(OC)ccc4[C@H]3CC[C@@]21C. The molecule has 4 rings (SSSR count). The quantitative estimate of drug-likeness (QED) is 0.698. The Bertz CT molecular complexity index is 717. The molecule has 134 valence electrons. The van der Waals surface area contributed by atoms with Crippen molar-refractivity contribution >= 4 is 0 Å². The molecule has 0 unspecified atom stereocenters. The summed E-state index contributed by atoms with van der Waals surface area (Å²) in [5.74, 6) is 3.20. The number of methoxy groups -OCH3 is 2. The highest BCUT2D eigenvalue weighted by Crippen LogP contribution is 2.65. The number of rotatable bonds is 3. The smallest absolute Gasteiger partial charge is 0.119 e. The van der Waals surface area contributed by atoms with Crippen molar-refractivity contribution in [2.45, 2.75) is 57.0 Å². The molecule has 1 aromatic carbocycles. The summed E-state index contributed by atoms with van der Waals surface area (Å²) in [7, 11) is 3.63. The predicted octanol–water partition coefficient (Wildman–Crippen LogP) is 5.28. The minimum atomic E-state index is -0.176. The zero-order chi connectivity index (χ0) is 17.7. The normalized spacial score (nSPS) is 38.9. The van der Waals surface area contributed by atoms with Gasteiger partial charge in [0.25, 0.3) is 0 Å². The first kappa shape index (κ1) is 16.9. The third kappa shape index (κ3) is 2.27. The van der Waals surface area contributed by atoms with Crippen LogP contribution in [0.1, 0.15) is 56.1 Å². The summed E-state index contributed by atoms with van der Waals surface area (Å²) in [6.07, 6.45) is 9.43. The van der Waals surface area contributed by atoms with E-state index in [4.69, 9.17) is 9.47 Å². The Morgan fingerprint density at radius 1 is 1.20 bits per heavy atom. The molecule has 0 amide bonds. The fourth-order valence-electron chi connectivity index (χ4n) is 6.52. The Kier molecular flexibility index (Phi) is 4.09. The van der Waals surface area contributed by atoms with Gasteiger partial charge in [-0.05, 0) is 85.6 Å². The second-order valence-corrected chi connectivity index (χ2v) is 8.42. The summed E-state index contributed by atoms with van der Waals surface area (Å²) in [6.45, 7) is 6.30. The number of hydrogen-bond acceptors (Lipinski definition) is 2. The van der Waals surface area contributed by atoms with Gasteiger partial charge in [-0.25, -0.2) is 0 Å². The fraction of sp³-hybridized carbons (Fsp3) is 0.609. The van der Waals surface area contributed by atoms with Gasteiger partial charge in [-0.3, -0.25) is 0 Å². The number of fused-ring (bicyclic) bond motifs is 5. The highest BCUT2D eigenvalue weighted by atomic mass is 16.5. The van der Waals surface area contributed by atoms with Crippen LogP contribution in [0.5, 0.6) is 5.75 Å². The minimum absolute atomic E-state index is 0.176. The maximum absolute atomic E-state index is 6.12. The van der Waals surface area contributed by atoms with E-state index in [1.165, 1.54) is 37.7 Å². The van der Waals surface area contributed by atoms with Crippen LogP contribution in [0.4, 0.5) is 0 Å². The topological polar surface area (TPSA) is 18.5 Å². The van der Waals surface area contributed by atoms with Crippen LogP contribution in [-0.2, 0) is 11.2 Å². The Balaban J connectivity index is 1.69. The van der Waals surface area contributed by atoms with E-state index in [1.54, 1.807) is 12.7 Å². The van der Waals surface area contributed by atoms with Crippen molar-refractivity contribution in [3.8, 4) is 5.75 Å². The lowest BCUT2D eigenvalue weighted by Crippen LogP contribution is -2.50. The first-order valence-corrected chi connectivity index (χ1v) is 9.67. The van der Waals surface area contributed by atoms with Crippen molar-refractivity contribution < 1.29 is 9.47 Å². The molecular weight excluding hydrogens is 308 g/mol. The average molecular weight is 338 g/mol. The lowest BCUT2D eigenvalue weighted by molar-refractivity contribution is -0.0947. The van der Waals surface area contributed by atoms with Crippen molar-refractivity contribution in [1.82, 2.24) is 0 Å². The first-order valence-electron chi connectivity index (χ1n) is 9.67. The summed E-state index contributed by atoms with van der Waals surface area (Å²) in [6, 6.07) is 6.73. The van der Waals surface area contributed by atoms with Crippen LogP contribution in [0.3, 0.4) is 0 Å². The molecule has 1 aromatic rings. The van der Waals surface area contributed by atoms with Gasteiger partial charge in [0.05, 0.1) is 12.7 Å². The second-order valence-electron chi connectivity index (χ2n) is 8.42. The highest BCUT2D eigenvalue weighted by molar-refractivity contribution is 5.41. The molecule has 3 aliphatic carbocycles. The standard InChI is InChI=1S/C23H30O2/c1-5-12-23(25-4)14-11-21-20-8-6-16-15-17(24-3)7-9-18(16)19(20)10-13-22(21,23)2/h7,9,12,15,19-21H,1,6,8,10-11,13-14H2,2-4H3/t19-,20-,21+,22+,23+/m1/s1. The third-order valence-electron chi connectivity index (χ3n) is 7.82. The van der Waals surface area contributed by atoms with Gasteiger partial charge in [-0.15, -0.1) is 5.73 Å². The van der Waals surface area contributed by atoms with Crippen molar-refractivity contribution in [3.05, 3.63) is 47.7 Å². The number of aryl methyl sites for hydroxylation is 1. The van der Waals surface area contributed by atoms with Crippen LogP contribution in [0, 0.1) is 17.3 Å². The Labute approximate surface area is 151 Å². The molecule has 0 spiro atoms. The highest BCUT2D eigenvalue weighted by Gasteiger charge is 2.61. The number of ether oxygens (including phenoxy) is 2. The van der Waals surface area contributed by atoms with E-state index in [0.717, 1.165) is 24.0 Å². The molecule has 3 aliphatic rings. The molecule has 0 aromatic heterocycles. The van der Waals surface area contributed by atoms with Crippen molar-refractivity contribution in [3.63, 3.8) is 0 Å². The molecule has 5 atom stereocenters. The van der Waals surface area contributed by atoms with E-state index in [0.29, 0.717) is 5.92 Å². The van der Waals surface area contributed by atoms with E-state index in [9.17, 15) is 0 Å². The van der Waals surface area contributed by atoms with Gasteiger partial charge in [-0.2, -0.15) is 0 Å². The van der Waals surface area contributed by atoms with Crippen LogP contribution in [0.15, 0.2) is 36.6 Å². The predicted molar refractivity (Wildman–Crippen MR) is 101 cm³/mol. The zero-order valence-corrected chi connectivity index (χ0v) is 15.8. The van der Waals surface area contributed by atoms with Crippen LogP contribution in [0.25, 0.3) is 0 Å². The lowest BCUT2D eigenvalue weighted by Gasteiger charge is -2.53. The summed E-state index contributed by atoms with van der Waals surface area (Å²) >= 11 is 0. The monoisotopic (exact) mass is 338 g/mol. The van der Waals surface area contributed by atoms with Crippen LogP contribution in [0.2, 0.25) is 0 Å². The second kappa shape index (κ2) is 6.04. The molecule has 2 fully saturated rings. The fourth-order valence-corrected chi connectivity index (χ4v) is 6.52. The Morgan fingerprint density at radius 2 is 2.04 bits per heavy atom. The molecule has 0 saturated heterocycles. The van der Waals surface area contributed by atoms with E-state index in [1.807, 2.05) is 7.11 Å². The van der Waals surface area contributed by atoms with Gasteiger partial charge < -0.3 is 9.47 Å². The van der Waals surface area contributed by atoms with E-state index < -0.39 is 0 Å². The minimum Gasteiger partial charge on any atom is -0.497 e. The van der Waals surface area contributed by atoms with Crippen LogP contribution < -0.4 is 4.74 Å². The van der Waals surface area contributed by atoms with Crippen molar-refractivity contribution in [1.29, 1.82) is 0 Å². The van der Waals surface area contributed by atoms with Gasteiger partial charge in [0.1, 0.15) is 5.75 Å². The van der Waals surface area contributed by atoms with Gasteiger partial charge in [0, 0.05) is 12.5 Å². The summed E-state index contributed by atoms with van der Waals surface area (Å²) in [4.78, 5) is 0.